The lowest BCUT2D eigenvalue weighted by Crippen LogP contribution is -2.20. The van der Waals surface area contributed by atoms with Crippen LogP contribution in [0.1, 0.15) is 5.56 Å². The normalized spacial score (nSPS) is 9.86. The fourth-order valence-corrected chi connectivity index (χ4v) is 1.15. The van der Waals surface area contributed by atoms with E-state index in [1.807, 2.05) is 0 Å². The van der Waals surface area contributed by atoms with Crippen LogP contribution in [0.3, 0.4) is 0 Å². The molecule has 0 heterocycles. The SMILES string of the molecule is NCc1cc(OCC(N)=O)ccc1Cl. The second-order valence-electron chi connectivity index (χ2n) is 2.71. The molecule has 4 nitrogen and oxygen atoms in total. The number of nitrogens with two attached hydrogens (primary N) is 2. The highest BCUT2D eigenvalue weighted by Gasteiger charge is 2.02. The lowest BCUT2D eigenvalue weighted by molar-refractivity contribution is -0.119. The summed E-state index contributed by atoms with van der Waals surface area (Å²) in [6, 6.07) is 5.01. The van der Waals surface area contributed by atoms with Crippen LogP contribution in [0.2, 0.25) is 5.02 Å². The minimum atomic E-state index is -0.519. The number of halogens is 1. The van der Waals surface area contributed by atoms with Gasteiger partial charge in [0.2, 0.25) is 0 Å². The summed E-state index contributed by atoms with van der Waals surface area (Å²) in [5.74, 6) is 0.0166. The molecule has 1 rings (SSSR count). The molecule has 1 aromatic rings. The third-order valence-corrected chi connectivity index (χ3v) is 1.99. The van der Waals surface area contributed by atoms with Crippen LogP contribution in [0.15, 0.2) is 18.2 Å². The summed E-state index contributed by atoms with van der Waals surface area (Å²) < 4.78 is 5.08. The molecular formula is C9H11ClN2O2. The van der Waals surface area contributed by atoms with Crippen molar-refractivity contribution >= 4 is 17.5 Å². The molecule has 0 unspecified atom stereocenters. The molecule has 0 aliphatic carbocycles. The van der Waals surface area contributed by atoms with Gasteiger partial charge in [0.15, 0.2) is 6.61 Å². The molecule has 0 radical (unpaired) electrons. The Hall–Kier alpha value is -1.26. The first kappa shape index (κ1) is 10.8. The number of hydrogen-bond acceptors (Lipinski definition) is 3. The Bertz CT molecular complexity index is 342. The summed E-state index contributed by atoms with van der Waals surface area (Å²) in [4.78, 5) is 10.4. The van der Waals surface area contributed by atoms with Gasteiger partial charge < -0.3 is 16.2 Å². The molecule has 1 amide bonds. The van der Waals surface area contributed by atoms with Gasteiger partial charge in [-0.05, 0) is 23.8 Å². The van der Waals surface area contributed by atoms with Crippen LogP contribution >= 0.6 is 11.6 Å². The maximum absolute atomic E-state index is 10.4. The van der Waals surface area contributed by atoms with Crippen molar-refractivity contribution < 1.29 is 9.53 Å². The number of carbonyl (C=O) groups is 1. The zero-order valence-corrected chi connectivity index (χ0v) is 8.25. The topological polar surface area (TPSA) is 78.3 Å². The molecule has 1 aromatic carbocycles. The number of amides is 1. The van der Waals surface area contributed by atoms with Gasteiger partial charge in [-0.2, -0.15) is 0 Å². The zero-order valence-electron chi connectivity index (χ0n) is 7.50. The largest absolute Gasteiger partial charge is 0.484 e. The van der Waals surface area contributed by atoms with E-state index < -0.39 is 5.91 Å². The van der Waals surface area contributed by atoms with E-state index in [1.165, 1.54) is 0 Å². The summed E-state index contributed by atoms with van der Waals surface area (Å²) in [6.45, 7) is 0.179. The molecule has 0 spiro atoms. The van der Waals surface area contributed by atoms with E-state index >= 15 is 0 Å². The molecule has 0 fully saturated rings. The molecule has 0 saturated heterocycles. The Kier molecular flexibility index (Phi) is 3.73. The van der Waals surface area contributed by atoms with Crippen molar-refractivity contribution in [2.75, 3.05) is 6.61 Å². The molecule has 0 aliphatic heterocycles. The number of ether oxygens (including phenoxy) is 1. The molecule has 0 aliphatic rings. The summed E-state index contributed by atoms with van der Waals surface area (Å²) in [5.41, 5.74) is 11.1. The van der Waals surface area contributed by atoms with Gasteiger partial charge in [0.1, 0.15) is 5.75 Å². The Morgan fingerprint density at radius 2 is 2.21 bits per heavy atom. The highest BCUT2D eigenvalue weighted by Crippen LogP contribution is 2.21. The lowest BCUT2D eigenvalue weighted by atomic mass is 10.2. The van der Waals surface area contributed by atoms with Gasteiger partial charge >= 0.3 is 0 Å². The first-order valence-corrected chi connectivity index (χ1v) is 4.41. The third-order valence-electron chi connectivity index (χ3n) is 1.62. The van der Waals surface area contributed by atoms with Crippen molar-refractivity contribution in [1.29, 1.82) is 0 Å². The average molecular weight is 215 g/mol. The highest BCUT2D eigenvalue weighted by molar-refractivity contribution is 6.31. The quantitative estimate of drug-likeness (QED) is 0.773. The maximum Gasteiger partial charge on any atom is 0.255 e. The van der Waals surface area contributed by atoms with Crippen LogP contribution < -0.4 is 16.2 Å². The minimum absolute atomic E-state index is 0.147. The van der Waals surface area contributed by atoms with Gasteiger partial charge in [0, 0.05) is 11.6 Å². The van der Waals surface area contributed by atoms with Gasteiger partial charge in [-0.25, -0.2) is 0 Å². The van der Waals surface area contributed by atoms with Crippen LogP contribution in [0.5, 0.6) is 5.75 Å². The number of rotatable bonds is 4. The molecule has 5 heteroatoms. The van der Waals surface area contributed by atoms with Crippen molar-refractivity contribution in [1.82, 2.24) is 0 Å². The van der Waals surface area contributed by atoms with Crippen molar-refractivity contribution in [3.8, 4) is 5.75 Å². The van der Waals surface area contributed by atoms with E-state index in [0.717, 1.165) is 5.56 Å². The molecule has 0 bridgehead atoms. The minimum Gasteiger partial charge on any atom is -0.484 e. The van der Waals surface area contributed by atoms with Crippen LogP contribution in [0.4, 0.5) is 0 Å². The standard InChI is InChI=1S/C9H11ClN2O2/c10-8-2-1-7(3-6(8)4-11)14-5-9(12)13/h1-3H,4-5,11H2,(H2,12,13). The van der Waals surface area contributed by atoms with E-state index in [0.29, 0.717) is 17.3 Å². The monoisotopic (exact) mass is 214 g/mol. The summed E-state index contributed by atoms with van der Waals surface area (Å²) in [5, 5.41) is 0.582. The first-order chi connectivity index (χ1) is 6.63. The first-order valence-electron chi connectivity index (χ1n) is 4.03. The van der Waals surface area contributed by atoms with Gasteiger partial charge in [-0.15, -0.1) is 0 Å². The van der Waals surface area contributed by atoms with Gasteiger partial charge in [0.25, 0.3) is 5.91 Å². The van der Waals surface area contributed by atoms with Crippen LogP contribution in [0.25, 0.3) is 0 Å². The number of benzene rings is 1. The third kappa shape index (κ3) is 2.90. The van der Waals surface area contributed by atoms with Crippen LogP contribution in [-0.4, -0.2) is 12.5 Å². The predicted molar refractivity (Wildman–Crippen MR) is 54.0 cm³/mol. The molecule has 0 saturated carbocycles. The zero-order chi connectivity index (χ0) is 10.6. The van der Waals surface area contributed by atoms with Crippen molar-refractivity contribution in [2.24, 2.45) is 11.5 Å². The van der Waals surface area contributed by atoms with E-state index in [-0.39, 0.29) is 6.61 Å². The van der Waals surface area contributed by atoms with Crippen molar-refractivity contribution in [3.63, 3.8) is 0 Å². The second kappa shape index (κ2) is 4.83. The van der Waals surface area contributed by atoms with E-state index in [2.05, 4.69) is 0 Å². The van der Waals surface area contributed by atoms with Crippen LogP contribution in [-0.2, 0) is 11.3 Å². The van der Waals surface area contributed by atoms with E-state index in [9.17, 15) is 4.79 Å². The highest BCUT2D eigenvalue weighted by atomic mass is 35.5. The molecule has 14 heavy (non-hydrogen) atoms. The predicted octanol–water partition coefficient (Wildman–Crippen LogP) is 0.663. The van der Waals surface area contributed by atoms with E-state index in [4.69, 9.17) is 27.8 Å². The van der Waals surface area contributed by atoms with Crippen molar-refractivity contribution in [3.05, 3.63) is 28.8 Å². The number of carbonyl (C=O) groups excluding carboxylic acids is 1. The molecule has 0 aromatic heterocycles. The molecular weight excluding hydrogens is 204 g/mol. The fourth-order valence-electron chi connectivity index (χ4n) is 0.952. The fraction of sp³-hybridized carbons (Fsp3) is 0.222. The Balaban J connectivity index is 2.74. The second-order valence-corrected chi connectivity index (χ2v) is 3.12. The van der Waals surface area contributed by atoms with E-state index in [1.54, 1.807) is 18.2 Å². The number of hydrogen-bond donors (Lipinski definition) is 2. The Morgan fingerprint density at radius 3 is 2.79 bits per heavy atom. The van der Waals surface area contributed by atoms with Crippen molar-refractivity contribution in [2.45, 2.75) is 6.54 Å². The number of primary amides is 1. The summed E-state index contributed by atoms with van der Waals surface area (Å²) in [6.07, 6.45) is 0. The summed E-state index contributed by atoms with van der Waals surface area (Å²) in [7, 11) is 0. The average Bonchev–Trinajstić information content (AvgIpc) is 2.16. The van der Waals surface area contributed by atoms with Gasteiger partial charge in [-0.3, -0.25) is 4.79 Å². The molecule has 4 N–H and O–H groups in total. The molecule has 76 valence electrons. The van der Waals surface area contributed by atoms with Crippen LogP contribution in [0, 0.1) is 0 Å². The molecule has 0 atom stereocenters. The Labute approximate surface area is 86.8 Å². The smallest absolute Gasteiger partial charge is 0.255 e. The van der Waals surface area contributed by atoms with Gasteiger partial charge in [-0.1, -0.05) is 11.6 Å². The van der Waals surface area contributed by atoms with Gasteiger partial charge in [0.05, 0.1) is 0 Å². The lowest BCUT2D eigenvalue weighted by Gasteiger charge is -2.06. The maximum atomic E-state index is 10.4. The Morgan fingerprint density at radius 1 is 1.50 bits per heavy atom. The summed E-state index contributed by atoms with van der Waals surface area (Å²) >= 11 is 5.83.